The molecule has 0 atom stereocenters. The van der Waals surface area contributed by atoms with E-state index in [-0.39, 0.29) is 18.3 Å². The Kier molecular flexibility index (Phi) is 4.70. The molecule has 1 heterocycles. The largest absolute Gasteiger partial charge is 0.325 e. The first-order chi connectivity index (χ1) is 9.95. The molecule has 0 saturated carbocycles. The fraction of sp³-hybridized carbons (Fsp3) is 0.333. The summed E-state index contributed by atoms with van der Waals surface area (Å²) >= 11 is 0. The number of anilines is 1. The Morgan fingerprint density at radius 1 is 1.38 bits per heavy atom. The van der Waals surface area contributed by atoms with E-state index in [1.54, 1.807) is 12.1 Å². The number of hydrogen-bond donors (Lipinski definition) is 1. The third-order valence-corrected chi connectivity index (χ3v) is 3.32. The van der Waals surface area contributed by atoms with Crippen LogP contribution in [0.4, 0.5) is 10.1 Å². The van der Waals surface area contributed by atoms with Crippen molar-refractivity contribution >= 4 is 11.6 Å². The number of nitrogens with one attached hydrogen (secondary N) is 1. The Morgan fingerprint density at radius 3 is 2.62 bits per heavy atom. The fourth-order valence-corrected chi connectivity index (χ4v) is 2.02. The SMILES string of the molecule is Cc1c(CN(C)CC(=O)Nc2ccc(F)cc2)cnn1C. The highest BCUT2D eigenvalue weighted by molar-refractivity contribution is 5.92. The molecular formula is C15H19FN4O. The van der Waals surface area contributed by atoms with Gasteiger partial charge in [-0.3, -0.25) is 14.4 Å². The van der Waals surface area contributed by atoms with Crippen molar-refractivity contribution < 1.29 is 9.18 Å². The molecule has 2 aromatic rings. The van der Waals surface area contributed by atoms with Crippen molar-refractivity contribution in [1.82, 2.24) is 14.7 Å². The third-order valence-electron chi connectivity index (χ3n) is 3.32. The standard InChI is InChI=1S/C15H19FN4O/c1-11-12(8-17-20(11)3)9-19(2)10-15(21)18-14-6-4-13(16)5-7-14/h4-8H,9-10H2,1-3H3,(H,18,21). The van der Waals surface area contributed by atoms with E-state index in [0.717, 1.165) is 11.3 Å². The van der Waals surface area contributed by atoms with E-state index in [9.17, 15) is 9.18 Å². The van der Waals surface area contributed by atoms with Gasteiger partial charge in [0.25, 0.3) is 0 Å². The molecule has 1 aromatic heterocycles. The molecule has 0 radical (unpaired) electrons. The van der Waals surface area contributed by atoms with Crippen molar-refractivity contribution in [1.29, 1.82) is 0 Å². The maximum atomic E-state index is 12.8. The van der Waals surface area contributed by atoms with Crippen molar-refractivity contribution in [3.8, 4) is 0 Å². The molecule has 1 aromatic carbocycles. The molecule has 5 nitrogen and oxygen atoms in total. The second kappa shape index (κ2) is 6.49. The molecule has 2 rings (SSSR count). The number of nitrogens with zero attached hydrogens (tertiary/aromatic N) is 3. The highest BCUT2D eigenvalue weighted by atomic mass is 19.1. The molecule has 0 spiro atoms. The number of rotatable bonds is 5. The van der Waals surface area contributed by atoms with Crippen molar-refractivity contribution in [3.05, 3.63) is 47.5 Å². The van der Waals surface area contributed by atoms with Crippen LogP contribution in [-0.4, -0.2) is 34.2 Å². The number of hydrogen-bond acceptors (Lipinski definition) is 3. The fourth-order valence-electron chi connectivity index (χ4n) is 2.02. The zero-order valence-corrected chi connectivity index (χ0v) is 12.4. The van der Waals surface area contributed by atoms with Crippen molar-refractivity contribution in [2.45, 2.75) is 13.5 Å². The van der Waals surface area contributed by atoms with Gasteiger partial charge in [0.05, 0.1) is 12.7 Å². The number of halogens is 1. The predicted octanol–water partition coefficient (Wildman–Crippen LogP) is 1.94. The van der Waals surface area contributed by atoms with Gasteiger partial charge in [0.2, 0.25) is 5.91 Å². The summed E-state index contributed by atoms with van der Waals surface area (Å²) in [5.74, 6) is -0.456. The highest BCUT2D eigenvalue weighted by Crippen LogP contribution is 2.10. The number of amides is 1. The zero-order valence-electron chi connectivity index (χ0n) is 12.4. The van der Waals surface area contributed by atoms with Gasteiger partial charge >= 0.3 is 0 Å². The van der Waals surface area contributed by atoms with E-state index in [2.05, 4.69) is 10.4 Å². The normalized spacial score (nSPS) is 10.9. The van der Waals surface area contributed by atoms with Gasteiger partial charge in [0.1, 0.15) is 5.82 Å². The van der Waals surface area contributed by atoms with Crippen LogP contribution in [0.5, 0.6) is 0 Å². The van der Waals surface area contributed by atoms with Gasteiger partial charge in [-0.25, -0.2) is 4.39 Å². The molecule has 0 unspecified atom stereocenters. The van der Waals surface area contributed by atoms with E-state index in [0.29, 0.717) is 12.2 Å². The molecule has 0 aliphatic heterocycles. The number of likely N-dealkylation sites (N-methyl/N-ethyl adjacent to an activating group) is 1. The average molecular weight is 290 g/mol. The lowest BCUT2D eigenvalue weighted by Gasteiger charge is -2.16. The summed E-state index contributed by atoms with van der Waals surface area (Å²) in [6.07, 6.45) is 1.81. The third kappa shape index (κ3) is 4.13. The lowest BCUT2D eigenvalue weighted by molar-refractivity contribution is -0.117. The monoisotopic (exact) mass is 290 g/mol. The topological polar surface area (TPSA) is 50.2 Å². The molecule has 0 bridgehead atoms. The van der Waals surface area contributed by atoms with Crippen LogP contribution in [0.1, 0.15) is 11.3 Å². The molecule has 0 saturated heterocycles. The van der Waals surface area contributed by atoms with Crippen LogP contribution < -0.4 is 5.32 Å². The van der Waals surface area contributed by atoms with Crippen LogP contribution in [0, 0.1) is 12.7 Å². The van der Waals surface area contributed by atoms with Gasteiger partial charge in [-0.05, 0) is 38.2 Å². The summed E-state index contributed by atoms with van der Waals surface area (Å²) in [4.78, 5) is 13.8. The van der Waals surface area contributed by atoms with Crippen LogP contribution in [-0.2, 0) is 18.4 Å². The summed E-state index contributed by atoms with van der Waals surface area (Å²) in [5.41, 5.74) is 2.77. The minimum atomic E-state index is -0.322. The summed E-state index contributed by atoms with van der Waals surface area (Å²) in [6, 6.07) is 5.72. The molecule has 0 fully saturated rings. The zero-order chi connectivity index (χ0) is 15.4. The average Bonchev–Trinajstić information content (AvgIpc) is 2.73. The van der Waals surface area contributed by atoms with Crippen LogP contribution >= 0.6 is 0 Å². The Balaban J connectivity index is 1.87. The van der Waals surface area contributed by atoms with Crippen LogP contribution in [0.3, 0.4) is 0 Å². The quantitative estimate of drug-likeness (QED) is 0.915. The molecule has 1 N–H and O–H groups in total. The van der Waals surface area contributed by atoms with Gasteiger partial charge < -0.3 is 5.32 Å². The minimum Gasteiger partial charge on any atom is -0.325 e. The molecular weight excluding hydrogens is 271 g/mol. The second-order valence-corrected chi connectivity index (χ2v) is 5.11. The molecule has 6 heteroatoms. The molecule has 0 aliphatic carbocycles. The van der Waals surface area contributed by atoms with Crippen LogP contribution in [0.2, 0.25) is 0 Å². The molecule has 0 aliphatic rings. The second-order valence-electron chi connectivity index (χ2n) is 5.11. The Hall–Kier alpha value is -2.21. The molecule has 1 amide bonds. The first kappa shape index (κ1) is 15.2. The number of carbonyl (C=O) groups is 1. The molecule has 112 valence electrons. The first-order valence-corrected chi connectivity index (χ1v) is 6.67. The summed E-state index contributed by atoms with van der Waals surface area (Å²) in [5, 5.41) is 6.92. The summed E-state index contributed by atoms with van der Waals surface area (Å²) in [7, 11) is 3.76. The minimum absolute atomic E-state index is 0.134. The van der Waals surface area contributed by atoms with Gasteiger partial charge in [-0.1, -0.05) is 0 Å². The van der Waals surface area contributed by atoms with Crippen LogP contribution in [0.25, 0.3) is 0 Å². The van der Waals surface area contributed by atoms with E-state index >= 15 is 0 Å². The number of aryl methyl sites for hydroxylation is 1. The van der Waals surface area contributed by atoms with E-state index in [1.165, 1.54) is 12.1 Å². The molecule has 21 heavy (non-hydrogen) atoms. The smallest absolute Gasteiger partial charge is 0.238 e. The maximum Gasteiger partial charge on any atom is 0.238 e. The van der Waals surface area contributed by atoms with Crippen molar-refractivity contribution in [2.24, 2.45) is 7.05 Å². The van der Waals surface area contributed by atoms with E-state index in [4.69, 9.17) is 0 Å². The lowest BCUT2D eigenvalue weighted by atomic mass is 10.2. The van der Waals surface area contributed by atoms with Gasteiger partial charge in [0, 0.05) is 30.5 Å². The summed E-state index contributed by atoms with van der Waals surface area (Å²) in [6.45, 7) is 2.90. The van der Waals surface area contributed by atoms with Crippen molar-refractivity contribution in [3.63, 3.8) is 0 Å². The Labute approximate surface area is 123 Å². The van der Waals surface area contributed by atoms with Gasteiger partial charge in [-0.2, -0.15) is 5.10 Å². The Bertz CT molecular complexity index is 621. The first-order valence-electron chi connectivity index (χ1n) is 6.67. The number of benzene rings is 1. The van der Waals surface area contributed by atoms with Crippen LogP contribution in [0.15, 0.2) is 30.5 Å². The van der Waals surface area contributed by atoms with Gasteiger partial charge in [0.15, 0.2) is 0 Å². The maximum absolute atomic E-state index is 12.8. The van der Waals surface area contributed by atoms with E-state index < -0.39 is 0 Å². The van der Waals surface area contributed by atoms with Crippen molar-refractivity contribution in [2.75, 3.05) is 18.9 Å². The highest BCUT2D eigenvalue weighted by Gasteiger charge is 2.10. The number of aromatic nitrogens is 2. The summed E-state index contributed by atoms with van der Waals surface area (Å²) < 4.78 is 14.6. The lowest BCUT2D eigenvalue weighted by Crippen LogP contribution is -2.30. The Morgan fingerprint density at radius 2 is 2.05 bits per heavy atom. The van der Waals surface area contributed by atoms with E-state index in [1.807, 2.05) is 36.8 Å². The number of carbonyl (C=O) groups excluding carboxylic acids is 1. The van der Waals surface area contributed by atoms with Gasteiger partial charge in [-0.15, -0.1) is 0 Å². The predicted molar refractivity (Wildman–Crippen MR) is 79.3 cm³/mol.